The lowest BCUT2D eigenvalue weighted by Crippen LogP contribution is -2.31. The summed E-state index contributed by atoms with van der Waals surface area (Å²) in [6, 6.07) is 8.13. The summed E-state index contributed by atoms with van der Waals surface area (Å²) in [6.45, 7) is 16.5. The number of rotatable bonds is 3. The Morgan fingerprint density at radius 3 is 2.12 bits per heavy atom. The lowest BCUT2D eigenvalue weighted by Gasteiger charge is -2.30. The number of likely N-dealkylation sites (N-methyl/N-ethyl adjacent to an activating group) is 1. The minimum absolute atomic E-state index is 0.601. The van der Waals surface area contributed by atoms with E-state index >= 15 is 0 Å². The molecule has 1 aliphatic rings. The Morgan fingerprint density at radius 2 is 1.64 bits per heavy atom. The zero-order chi connectivity index (χ0) is 19.6. The normalized spacial score (nSPS) is 19.1. The fourth-order valence-electron chi connectivity index (χ4n) is 2.71. The molecule has 2 rings (SSSR count). The van der Waals surface area contributed by atoms with Crippen LogP contribution in [0.5, 0.6) is 0 Å². The van der Waals surface area contributed by atoms with Gasteiger partial charge in [-0.05, 0) is 11.6 Å². The van der Waals surface area contributed by atoms with Crippen LogP contribution in [0.25, 0.3) is 5.70 Å². The molecule has 0 fully saturated rings. The number of hydrogen-bond acceptors (Lipinski definition) is 4. The molecular formula is C21H34N4. The Morgan fingerprint density at radius 1 is 1.08 bits per heavy atom. The molecule has 0 amide bonds. The van der Waals surface area contributed by atoms with E-state index in [0.29, 0.717) is 5.70 Å². The Labute approximate surface area is 153 Å². The molecule has 0 saturated heterocycles. The van der Waals surface area contributed by atoms with Crippen LogP contribution in [0.4, 0.5) is 0 Å². The molecule has 1 aromatic rings. The van der Waals surface area contributed by atoms with Crippen molar-refractivity contribution in [2.75, 3.05) is 14.1 Å². The standard InChI is InChI=1S/C17H22N4.2C2H6/c1-5-13-15(6-2)20(3)11-12-9-7-8-10-14(12)17(16(13)18)21(4)19;2*1-2/h5-10H,1-2,11,18-19H2,3-4H3;2*1-2H3/b15-13-,17-16-;;. The van der Waals surface area contributed by atoms with E-state index in [1.54, 1.807) is 24.2 Å². The molecule has 4 nitrogen and oxygen atoms in total. The fourth-order valence-corrected chi connectivity index (χ4v) is 2.71. The second-order valence-corrected chi connectivity index (χ2v) is 5.09. The molecule has 25 heavy (non-hydrogen) atoms. The van der Waals surface area contributed by atoms with Crippen molar-refractivity contribution >= 4 is 5.70 Å². The third kappa shape index (κ3) is 5.00. The first kappa shape index (κ1) is 22.5. The van der Waals surface area contributed by atoms with Crippen LogP contribution >= 0.6 is 0 Å². The van der Waals surface area contributed by atoms with E-state index in [0.717, 1.165) is 34.6 Å². The lowest BCUT2D eigenvalue weighted by molar-refractivity contribution is 0.417. The van der Waals surface area contributed by atoms with Gasteiger partial charge in [0.25, 0.3) is 0 Å². The summed E-state index contributed by atoms with van der Waals surface area (Å²) in [5.74, 6) is 6.03. The van der Waals surface area contributed by atoms with Crippen LogP contribution in [0.15, 0.2) is 66.5 Å². The van der Waals surface area contributed by atoms with Gasteiger partial charge in [0.05, 0.1) is 11.4 Å². The monoisotopic (exact) mass is 342 g/mol. The number of nitrogens with zero attached hydrogens (tertiary/aromatic N) is 2. The van der Waals surface area contributed by atoms with Gasteiger partial charge in [0, 0.05) is 37.5 Å². The second-order valence-electron chi connectivity index (χ2n) is 5.09. The van der Waals surface area contributed by atoms with Gasteiger partial charge in [-0.15, -0.1) is 0 Å². The quantitative estimate of drug-likeness (QED) is 0.637. The highest BCUT2D eigenvalue weighted by atomic mass is 15.4. The van der Waals surface area contributed by atoms with Crippen molar-refractivity contribution in [3.8, 4) is 0 Å². The maximum Gasteiger partial charge on any atom is 0.0826 e. The molecule has 4 heteroatoms. The van der Waals surface area contributed by atoms with E-state index in [4.69, 9.17) is 11.6 Å². The predicted molar refractivity (Wildman–Crippen MR) is 111 cm³/mol. The van der Waals surface area contributed by atoms with Crippen LogP contribution in [0, 0.1) is 0 Å². The molecule has 4 N–H and O–H groups in total. The Bertz CT molecular complexity index is 639. The molecular weight excluding hydrogens is 308 g/mol. The van der Waals surface area contributed by atoms with E-state index in [-0.39, 0.29) is 0 Å². The SMILES string of the molecule is C=CC1=C(\C=C)N(C)Cc2ccccc2/C(N(C)N)=C\1N.CC.CC. The topological polar surface area (TPSA) is 58.5 Å². The second kappa shape index (κ2) is 11.2. The van der Waals surface area contributed by atoms with E-state index in [9.17, 15) is 0 Å². The number of fused-ring (bicyclic) bond motifs is 1. The number of hydrazine groups is 1. The van der Waals surface area contributed by atoms with Crippen LogP contribution in [0.2, 0.25) is 0 Å². The van der Waals surface area contributed by atoms with Gasteiger partial charge in [-0.2, -0.15) is 0 Å². The molecule has 0 spiro atoms. The number of allylic oxidation sites excluding steroid dienone is 2. The van der Waals surface area contributed by atoms with E-state index < -0.39 is 0 Å². The number of hydrogen-bond donors (Lipinski definition) is 2. The Kier molecular flexibility index (Phi) is 10.1. The molecule has 0 aliphatic carbocycles. The van der Waals surface area contributed by atoms with Crippen molar-refractivity contribution in [1.29, 1.82) is 0 Å². The number of nitrogens with two attached hydrogens (primary N) is 2. The average Bonchev–Trinajstić information content (AvgIpc) is 2.63. The van der Waals surface area contributed by atoms with Gasteiger partial charge < -0.3 is 15.6 Å². The van der Waals surface area contributed by atoms with Crippen LogP contribution in [0.1, 0.15) is 38.8 Å². The fraction of sp³-hybridized carbons (Fsp3) is 0.333. The maximum absolute atomic E-state index is 6.40. The summed E-state index contributed by atoms with van der Waals surface area (Å²) in [6.07, 6.45) is 3.55. The highest BCUT2D eigenvalue weighted by Gasteiger charge is 2.21. The van der Waals surface area contributed by atoms with Crippen LogP contribution < -0.4 is 11.6 Å². The summed E-state index contributed by atoms with van der Waals surface area (Å²) in [5, 5.41) is 1.56. The van der Waals surface area contributed by atoms with Gasteiger partial charge in [0.1, 0.15) is 0 Å². The van der Waals surface area contributed by atoms with E-state index in [1.165, 1.54) is 0 Å². The van der Waals surface area contributed by atoms with Gasteiger partial charge in [-0.1, -0.05) is 71.2 Å². The molecule has 138 valence electrons. The average molecular weight is 343 g/mol. The first-order valence-corrected chi connectivity index (χ1v) is 8.78. The highest BCUT2D eigenvalue weighted by Crippen LogP contribution is 2.31. The van der Waals surface area contributed by atoms with Crippen LogP contribution in [-0.4, -0.2) is 24.0 Å². The van der Waals surface area contributed by atoms with Gasteiger partial charge >= 0.3 is 0 Å². The molecule has 0 atom stereocenters. The molecule has 1 aliphatic heterocycles. The van der Waals surface area contributed by atoms with Crippen molar-refractivity contribution in [2.24, 2.45) is 11.6 Å². The lowest BCUT2D eigenvalue weighted by atomic mass is 9.96. The molecule has 1 aromatic carbocycles. The van der Waals surface area contributed by atoms with Gasteiger partial charge in [-0.25, -0.2) is 5.84 Å². The molecule has 0 radical (unpaired) electrons. The molecule has 0 unspecified atom stereocenters. The van der Waals surface area contributed by atoms with Crippen molar-refractivity contribution in [3.63, 3.8) is 0 Å². The van der Waals surface area contributed by atoms with Crippen molar-refractivity contribution in [2.45, 2.75) is 34.2 Å². The molecule has 1 heterocycles. The van der Waals surface area contributed by atoms with Crippen LogP contribution in [0.3, 0.4) is 0 Å². The third-order valence-electron chi connectivity index (χ3n) is 3.66. The Hall–Kier alpha value is -2.46. The van der Waals surface area contributed by atoms with Crippen LogP contribution in [-0.2, 0) is 6.54 Å². The smallest absolute Gasteiger partial charge is 0.0826 e. The van der Waals surface area contributed by atoms with E-state index in [2.05, 4.69) is 24.1 Å². The molecule has 0 saturated carbocycles. The highest BCUT2D eigenvalue weighted by molar-refractivity contribution is 5.74. The number of benzene rings is 1. The first-order valence-electron chi connectivity index (χ1n) is 8.78. The Balaban J connectivity index is 0.00000134. The van der Waals surface area contributed by atoms with Gasteiger partial charge in [0.15, 0.2) is 0 Å². The first-order chi connectivity index (χ1) is 12.0. The zero-order valence-electron chi connectivity index (χ0n) is 16.6. The van der Waals surface area contributed by atoms with Gasteiger partial charge in [-0.3, -0.25) is 0 Å². The summed E-state index contributed by atoms with van der Waals surface area (Å²) in [4.78, 5) is 2.11. The summed E-state index contributed by atoms with van der Waals surface area (Å²) >= 11 is 0. The summed E-state index contributed by atoms with van der Waals surface area (Å²) in [5.41, 5.74) is 11.8. The molecule has 0 bridgehead atoms. The summed E-state index contributed by atoms with van der Waals surface area (Å²) in [7, 11) is 3.81. The third-order valence-corrected chi connectivity index (χ3v) is 3.66. The van der Waals surface area contributed by atoms with Crippen molar-refractivity contribution < 1.29 is 0 Å². The minimum Gasteiger partial charge on any atom is -0.396 e. The van der Waals surface area contributed by atoms with Crippen molar-refractivity contribution in [3.05, 3.63) is 77.7 Å². The molecule has 0 aromatic heterocycles. The van der Waals surface area contributed by atoms with E-state index in [1.807, 2.05) is 52.9 Å². The zero-order valence-corrected chi connectivity index (χ0v) is 16.6. The predicted octanol–water partition coefficient (Wildman–Crippen LogP) is 4.24. The van der Waals surface area contributed by atoms with Crippen molar-refractivity contribution in [1.82, 2.24) is 9.91 Å². The van der Waals surface area contributed by atoms with Gasteiger partial charge in [0.2, 0.25) is 0 Å². The minimum atomic E-state index is 0.601. The summed E-state index contributed by atoms with van der Waals surface area (Å²) < 4.78 is 0. The maximum atomic E-state index is 6.40. The largest absolute Gasteiger partial charge is 0.396 e.